The second-order valence-electron chi connectivity index (χ2n) is 17.7. The second kappa shape index (κ2) is 23.8. The number of nitrogens with one attached hydrogen (secondary N) is 3. The molecule has 0 aliphatic rings. The molecule has 1 heterocycles. The van der Waals surface area contributed by atoms with Gasteiger partial charge in [-0.2, -0.15) is 0 Å². The number of carbonyl (C=O) groups is 2. The first-order chi connectivity index (χ1) is 30.4. The molecule has 4 rings (SSSR count). The average Bonchev–Trinajstić information content (AvgIpc) is 3.67. The van der Waals surface area contributed by atoms with Crippen molar-refractivity contribution in [3.05, 3.63) is 71.8 Å². The quantitative estimate of drug-likeness (QED) is 0.0471. The molecular formula is C49H74N4O9Si2. The van der Waals surface area contributed by atoms with Gasteiger partial charge < -0.3 is 47.3 Å². The Morgan fingerprint density at radius 2 is 0.938 bits per heavy atom. The van der Waals surface area contributed by atoms with Crippen LogP contribution in [0.2, 0.25) is 12.1 Å². The van der Waals surface area contributed by atoms with Crippen LogP contribution in [0, 0.1) is 0 Å². The van der Waals surface area contributed by atoms with Gasteiger partial charge in [0.2, 0.25) is 11.8 Å². The largest absolute Gasteiger partial charge is 0.507 e. The van der Waals surface area contributed by atoms with Crippen molar-refractivity contribution in [2.45, 2.75) is 132 Å². The van der Waals surface area contributed by atoms with E-state index in [0.29, 0.717) is 106 Å². The number of aromatic hydroxyl groups is 1. The van der Waals surface area contributed by atoms with Gasteiger partial charge in [0.05, 0.1) is 11.4 Å². The van der Waals surface area contributed by atoms with Gasteiger partial charge in [-0.1, -0.05) is 65.8 Å². The summed E-state index contributed by atoms with van der Waals surface area (Å²) in [5.74, 6) is 0.727. The molecule has 0 fully saturated rings. The maximum absolute atomic E-state index is 13.1. The number of hydrogen-bond acceptors (Lipinski definition) is 10. The van der Waals surface area contributed by atoms with E-state index in [-0.39, 0.29) is 22.6 Å². The molecule has 0 spiro atoms. The summed E-state index contributed by atoms with van der Waals surface area (Å²) in [4.78, 5) is 35.1. The highest BCUT2D eigenvalue weighted by molar-refractivity contribution is 6.61. The molecule has 1 aromatic heterocycles. The molecule has 64 heavy (non-hydrogen) atoms. The van der Waals surface area contributed by atoms with Gasteiger partial charge in [0, 0.05) is 104 Å². The number of aromatic amines is 1. The number of rotatable bonds is 25. The maximum atomic E-state index is 13.1. The van der Waals surface area contributed by atoms with E-state index in [1.54, 1.807) is 0 Å². The molecule has 0 bridgehead atoms. The fraction of sp³-hybridized carbons (Fsp3) is 0.531. The number of nitrogens with zero attached hydrogens (tertiary/aromatic N) is 1. The molecule has 352 valence electrons. The Hall–Kier alpha value is -4.20. The lowest BCUT2D eigenvalue weighted by atomic mass is 9.78. The van der Waals surface area contributed by atoms with Crippen LogP contribution < -0.4 is 10.6 Å². The first-order valence-electron chi connectivity index (χ1n) is 23.0. The van der Waals surface area contributed by atoms with Gasteiger partial charge in [-0.3, -0.25) is 9.59 Å². The third kappa shape index (κ3) is 14.4. The van der Waals surface area contributed by atoms with Gasteiger partial charge >= 0.3 is 17.6 Å². The number of benzene rings is 3. The first-order valence-corrected chi connectivity index (χ1v) is 26.9. The Bertz CT molecular complexity index is 1920. The van der Waals surface area contributed by atoms with Crippen LogP contribution in [0.4, 0.5) is 11.4 Å². The van der Waals surface area contributed by atoms with Crippen molar-refractivity contribution in [1.82, 2.24) is 9.97 Å². The van der Waals surface area contributed by atoms with Crippen LogP contribution in [-0.2, 0) is 47.0 Å². The summed E-state index contributed by atoms with van der Waals surface area (Å²) < 4.78 is 35.8. The van der Waals surface area contributed by atoms with Crippen molar-refractivity contribution < 1.29 is 41.3 Å². The third-order valence-electron chi connectivity index (χ3n) is 10.6. The zero-order valence-electron chi connectivity index (χ0n) is 40.4. The molecular weight excluding hydrogens is 845 g/mol. The Kier molecular flexibility index (Phi) is 19.5. The average molecular weight is 919 g/mol. The smallest absolute Gasteiger partial charge is 0.500 e. The van der Waals surface area contributed by atoms with Crippen molar-refractivity contribution in [2.75, 3.05) is 50.3 Å². The van der Waals surface area contributed by atoms with Crippen LogP contribution in [0.15, 0.2) is 60.7 Å². The zero-order valence-corrected chi connectivity index (χ0v) is 42.4. The number of phenolic OH excluding ortho intramolecular Hbond substituents is 1. The third-order valence-corrected chi connectivity index (χ3v) is 16.9. The maximum Gasteiger partial charge on any atom is 0.500 e. The van der Waals surface area contributed by atoms with Gasteiger partial charge in [-0.25, -0.2) is 4.98 Å². The van der Waals surface area contributed by atoms with Crippen molar-refractivity contribution in [1.29, 1.82) is 0 Å². The standard InChI is InChI=1S/C49H74N4O9Si2/c1-13-57-63(58-14-2,59-15-3)31-19-21-42(54)50-38-27-23-35(24-28-38)44-45(53-47(52-44)37-33-40(48(7,8)9)46(56)41(34-37)49(10,11)12)36-25-29-39(30-26-36)51-43(55)22-20-32-64(60-16-4,61-17-5)62-18-6/h23-30,33-34,56H,13-22,31-32H2,1-12H3,(H,50,54)(H,51,55)(H,52,53). The van der Waals surface area contributed by atoms with Crippen LogP contribution in [0.3, 0.4) is 0 Å². The number of aromatic nitrogens is 2. The van der Waals surface area contributed by atoms with E-state index in [4.69, 9.17) is 31.5 Å². The molecule has 3 aromatic carbocycles. The topological polar surface area (TPSA) is 162 Å². The predicted molar refractivity (Wildman–Crippen MR) is 261 cm³/mol. The van der Waals surface area contributed by atoms with E-state index in [9.17, 15) is 14.7 Å². The Morgan fingerprint density at radius 1 is 0.578 bits per heavy atom. The number of carbonyl (C=O) groups excluding carboxylic acids is 2. The number of phenols is 1. The van der Waals surface area contributed by atoms with Crippen LogP contribution in [0.1, 0.15) is 120 Å². The number of imidazole rings is 1. The molecule has 0 unspecified atom stereocenters. The monoisotopic (exact) mass is 918 g/mol. The molecule has 2 amide bonds. The zero-order chi connectivity index (χ0) is 47.1. The van der Waals surface area contributed by atoms with Crippen molar-refractivity contribution in [3.8, 4) is 39.7 Å². The summed E-state index contributed by atoms with van der Waals surface area (Å²) in [5.41, 5.74) is 6.37. The van der Waals surface area contributed by atoms with Crippen LogP contribution in [0.5, 0.6) is 5.75 Å². The molecule has 4 aromatic rings. The summed E-state index contributed by atoms with van der Waals surface area (Å²) in [6, 6.07) is 20.5. The van der Waals surface area contributed by atoms with Gasteiger partial charge in [-0.05, 0) is 102 Å². The fourth-order valence-corrected chi connectivity index (χ4v) is 12.9. The van der Waals surface area contributed by atoms with Gasteiger partial charge in [0.25, 0.3) is 0 Å². The molecule has 0 saturated carbocycles. The van der Waals surface area contributed by atoms with Gasteiger partial charge in [-0.15, -0.1) is 0 Å². The lowest BCUT2D eigenvalue weighted by Gasteiger charge is -2.28. The lowest BCUT2D eigenvalue weighted by molar-refractivity contribution is -0.117. The minimum absolute atomic E-state index is 0.107. The van der Waals surface area contributed by atoms with Crippen molar-refractivity contribution in [2.24, 2.45) is 0 Å². The number of anilines is 2. The van der Waals surface area contributed by atoms with Crippen LogP contribution >= 0.6 is 0 Å². The van der Waals surface area contributed by atoms with E-state index in [0.717, 1.165) is 33.5 Å². The highest BCUT2D eigenvalue weighted by atomic mass is 28.4. The van der Waals surface area contributed by atoms with Crippen molar-refractivity contribution in [3.63, 3.8) is 0 Å². The second-order valence-corrected chi connectivity index (χ2v) is 23.1. The van der Waals surface area contributed by atoms with Crippen LogP contribution in [0.25, 0.3) is 33.9 Å². The van der Waals surface area contributed by atoms with Gasteiger partial charge in [0.15, 0.2) is 0 Å². The summed E-state index contributed by atoms with van der Waals surface area (Å²) >= 11 is 0. The Morgan fingerprint density at radius 3 is 1.28 bits per heavy atom. The lowest BCUT2D eigenvalue weighted by Crippen LogP contribution is -2.46. The first kappa shape index (κ1) is 52.4. The highest BCUT2D eigenvalue weighted by Crippen LogP contribution is 2.43. The van der Waals surface area contributed by atoms with Crippen molar-refractivity contribution >= 4 is 40.8 Å². The molecule has 15 heteroatoms. The van der Waals surface area contributed by atoms with E-state index < -0.39 is 17.6 Å². The number of H-pyrrole nitrogens is 1. The molecule has 0 saturated heterocycles. The molecule has 0 radical (unpaired) electrons. The molecule has 0 aliphatic heterocycles. The summed E-state index contributed by atoms with van der Waals surface area (Å²) in [6.07, 6.45) is 1.74. The Labute approximate surface area is 384 Å². The summed E-state index contributed by atoms with van der Waals surface area (Å²) in [7, 11) is -5.69. The summed E-state index contributed by atoms with van der Waals surface area (Å²) in [5, 5.41) is 17.6. The molecule has 4 N–H and O–H groups in total. The predicted octanol–water partition coefficient (Wildman–Crippen LogP) is 11.2. The highest BCUT2D eigenvalue weighted by Gasteiger charge is 2.41. The van der Waals surface area contributed by atoms with E-state index >= 15 is 0 Å². The molecule has 0 aliphatic carbocycles. The SMILES string of the molecule is CCO[Si](CCCC(=O)Nc1ccc(-c2nc(-c3cc(C(C)(C)C)c(O)c(C(C)(C)C)c3)[nH]c2-c2ccc(NC(=O)CCC[Si](OCC)(OCC)OCC)cc2)cc1)(OCC)OCC. The van der Waals surface area contributed by atoms with E-state index in [1.165, 1.54) is 0 Å². The molecule has 13 nitrogen and oxygen atoms in total. The van der Waals surface area contributed by atoms with Crippen LogP contribution in [-0.4, -0.2) is 84.1 Å². The Balaban J connectivity index is 1.63. The summed E-state index contributed by atoms with van der Waals surface area (Å²) in [6.45, 7) is 27.0. The van der Waals surface area contributed by atoms with E-state index in [1.807, 2.05) is 102 Å². The minimum atomic E-state index is -2.84. The van der Waals surface area contributed by atoms with E-state index in [2.05, 4.69) is 57.2 Å². The number of amides is 2. The minimum Gasteiger partial charge on any atom is -0.507 e. The normalized spacial score (nSPS) is 12.4. The fourth-order valence-electron chi connectivity index (χ4n) is 7.65. The van der Waals surface area contributed by atoms with Gasteiger partial charge in [0.1, 0.15) is 11.6 Å². The number of hydrogen-bond donors (Lipinski definition) is 4. The molecule has 0 atom stereocenters.